The Morgan fingerprint density at radius 1 is 0.935 bits per heavy atom. The van der Waals surface area contributed by atoms with Crippen LogP contribution in [0.2, 0.25) is 0 Å². The van der Waals surface area contributed by atoms with Crippen molar-refractivity contribution in [1.29, 1.82) is 0 Å². The molecule has 1 amide bonds. The molecule has 7 N–H and O–H groups in total. The van der Waals surface area contributed by atoms with Crippen molar-refractivity contribution >= 4 is 47.0 Å². The number of aliphatic hydroxyl groups excluding tert-OH is 5. The number of nitrogens with two attached hydrogens (primary N) is 1. The number of fused-ring (bicyclic) bond motifs is 7. The van der Waals surface area contributed by atoms with Crippen molar-refractivity contribution in [2.24, 2.45) is 20.7 Å². The van der Waals surface area contributed by atoms with Crippen molar-refractivity contribution in [2.75, 3.05) is 18.2 Å². The summed E-state index contributed by atoms with van der Waals surface area (Å²) in [5, 5.41) is 55.2. The zero-order chi connectivity index (χ0) is 43.4. The summed E-state index contributed by atoms with van der Waals surface area (Å²) < 4.78 is 26.0. The van der Waals surface area contributed by atoms with Gasteiger partial charge in [-0.2, -0.15) is 9.98 Å². The molecular formula is C44H43N5O13. The summed E-state index contributed by atoms with van der Waals surface area (Å²) in [6.45, 7) is -1.05. The van der Waals surface area contributed by atoms with Gasteiger partial charge in [-0.3, -0.25) is 19.4 Å². The molecular weight excluding hydrogens is 807 g/mol. The van der Waals surface area contributed by atoms with Gasteiger partial charge in [0.2, 0.25) is 12.2 Å². The van der Waals surface area contributed by atoms with Gasteiger partial charge in [0.15, 0.2) is 34.6 Å². The smallest absolute Gasteiger partial charge is 0.302 e. The van der Waals surface area contributed by atoms with E-state index in [0.717, 1.165) is 6.42 Å². The van der Waals surface area contributed by atoms with Gasteiger partial charge >= 0.3 is 5.91 Å². The molecule has 2 fully saturated rings. The first-order valence-electron chi connectivity index (χ1n) is 20.3. The van der Waals surface area contributed by atoms with Gasteiger partial charge in [-0.15, -0.1) is 0 Å². The Labute approximate surface area is 353 Å². The van der Waals surface area contributed by atoms with E-state index in [2.05, 4.69) is 15.0 Å². The third-order valence-electron chi connectivity index (χ3n) is 12.3. The molecule has 3 aromatic carbocycles. The topological polar surface area (TPSA) is 273 Å². The lowest BCUT2D eigenvalue weighted by molar-refractivity contribution is -0.308. The van der Waals surface area contributed by atoms with Crippen molar-refractivity contribution in [3.8, 4) is 11.5 Å². The standard InChI is InChI=1S/C44H43N5O13/c45-43-47-40-31(41(58)48-43)46-20-49(40)29-7-3-2-6-24(29)23-11-15-60-44(12-4-1-5-13-44)39-35(56)34(55)36(57)42(62-39)61-37-27(23)17-28-30(38(37)59-19-22(52)10-14-50)33(54)26-16-21(18-51)8-9-25(26)32(28)53/h2-3,6-9,11,14-17,22-23,34-36,39,42,51-52,55-57H,1,4-5,10,12-13,18-20H2,(H2,45,48,58). The number of aldehydes is 1. The lowest BCUT2D eigenvalue weighted by Gasteiger charge is -2.49. The van der Waals surface area contributed by atoms with E-state index in [-0.39, 0.29) is 69.9 Å². The van der Waals surface area contributed by atoms with Crippen LogP contribution in [0.4, 0.5) is 5.69 Å². The van der Waals surface area contributed by atoms with Crippen LogP contribution in [0.1, 0.15) is 93.0 Å². The van der Waals surface area contributed by atoms with Crippen LogP contribution < -0.4 is 20.1 Å². The number of amides is 1. The van der Waals surface area contributed by atoms with Crippen molar-refractivity contribution < 1.29 is 63.7 Å². The highest BCUT2D eigenvalue weighted by Gasteiger charge is 2.56. The van der Waals surface area contributed by atoms with Crippen molar-refractivity contribution in [3.05, 3.63) is 99.8 Å². The molecule has 3 aromatic rings. The Balaban J connectivity index is 1.31. The molecule has 0 aromatic heterocycles. The second-order valence-corrected chi connectivity index (χ2v) is 16.0. The molecule has 9 rings (SSSR count). The number of ether oxygens (including phenoxy) is 4. The second-order valence-electron chi connectivity index (χ2n) is 16.0. The number of carbonyl (C=O) groups excluding carboxylic acids is 4. The number of carbonyl (C=O) groups is 4. The zero-order valence-electron chi connectivity index (χ0n) is 33.1. The number of ketones is 2. The van der Waals surface area contributed by atoms with Gasteiger partial charge < -0.3 is 59.9 Å². The van der Waals surface area contributed by atoms with E-state index in [1.165, 1.54) is 30.5 Å². The first-order valence-corrected chi connectivity index (χ1v) is 20.3. The second kappa shape index (κ2) is 16.3. The fourth-order valence-electron chi connectivity index (χ4n) is 9.17. The number of amidine groups is 1. The number of aliphatic hydroxyl groups is 5. The van der Waals surface area contributed by atoms with Crippen LogP contribution in [-0.4, -0.2) is 122 Å². The maximum absolute atomic E-state index is 14.7. The average molecular weight is 850 g/mol. The molecule has 4 heterocycles. The molecule has 1 spiro atoms. The first kappa shape index (κ1) is 41.2. The van der Waals surface area contributed by atoms with Gasteiger partial charge in [-0.1, -0.05) is 30.7 Å². The molecule has 7 atom stereocenters. The molecule has 2 aliphatic carbocycles. The third kappa shape index (κ3) is 6.88. The number of para-hydroxylation sites is 1. The van der Waals surface area contributed by atoms with Crippen molar-refractivity contribution in [3.63, 3.8) is 0 Å². The molecule has 1 saturated heterocycles. The monoisotopic (exact) mass is 849 g/mol. The number of hydrogen-bond acceptors (Lipinski definition) is 17. The lowest BCUT2D eigenvalue weighted by atomic mass is 9.76. The molecule has 2 bridgehead atoms. The predicted octanol–water partition coefficient (Wildman–Crippen LogP) is 1.32. The quantitative estimate of drug-likeness (QED) is 0.137. The highest BCUT2D eigenvalue weighted by molar-refractivity contribution is 6.72. The molecule has 7 unspecified atom stereocenters. The van der Waals surface area contributed by atoms with Gasteiger partial charge in [0.05, 0.1) is 24.5 Å². The number of rotatable bonds is 8. The maximum atomic E-state index is 14.7. The Bertz CT molecular complexity index is 2490. The summed E-state index contributed by atoms with van der Waals surface area (Å²) in [5.41, 5.74) is 5.83. The number of nitrogens with zero attached hydrogens (tertiary/aromatic N) is 4. The molecule has 1 saturated carbocycles. The van der Waals surface area contributed by atoms with Gasteiger partial charge in [0.1, 0.15) is 49.6 Å². The number of anilines is 1. The van der Waals surface area contributed by atoms with Gasteiger partial charge in [0, 0.05) is 40.3 Å². The number of benzene rings is 3. The third-order valence-corrected chi connectivity index (χ3v) is 12.3. The molecule has 62 heavy (non-hydrogen) atoms. The Morgan fingerprint density at radius 2 is 1.73 bits per heavy atom. The van der Waals surface area contributed by atoms with Crippen LogP contribution in [0.5, 0.6) is 11.5 Å². The molecule has 4 aliphatic heterocycles. The SMILES string of the molecule is NC1=NC(=O)C2=NCN(c3ccccc3C3C=COC4(CCCCC4)C4OC(Oc5c3cc3c(c5OCC(O)CC=O)C(=O)c5cc(CO)ccc5C3=O)C(O)C(O)C4O)C2=N1. The molecule has 18 heteroatoms. The average Bonchev–Trinajstić information content (AvgIpc) is 3.70. The zero-order valence-corrected chi connectivity index (χ0v) is 33.1. The van der Waals surface area contributed by atoms with Gasteiger partial charge in [-0.25, -0.2) is 0 Å². The van der Waals surface area contributed by atoms with E-state index in [0.29, 0.717) is 48.8 Å². The minimum atomic E-state index is -1.88. The highest BCUT2D eigenvalue weighted by atomic mass is 16.7. The van der Waals surface area contributed by atoms with E-state index in [4.69, 9.17) is 24.7 Å². The lowest BCUT2D eigenvalue weighted by Crippen LogP contribution is -2.66. The number of aliphatic imine (C=N–C) groups is 3. The molecule has 18 nitrogen and oxygen atoms in total. The van der Waals surface area contributed by atoms with Crippen LogP contribution in [0, 0.1) is 0 Å². The Kier molecular flexibility index (Phi) is 10.8. The predicted molar refractivity (Wildman–Crippen MR) is 218 cm³/mol. The number of hydrogen-bond donors (Lipinski definition) is 6. The summed E-state index contributed by atoms with van der Waals surface area (Å²) in [6.07, 6.45) is -3.30. The normalized spacial score (nSPS) is 26.6. The van der Waals surface area contributed by atoms with Crippen LogP contribution in [0.25, 0.3) is 0 Å². The van der Waals surface area contributed by atoms with E-state index in [1.54, 1.807) is 35.2 Å². The largest absolute Gasteiger partial charge is 0.492 e. The molecule has 0 radical (unpaired) electrons. The Morgan fingerprint density at radius 3 is 2.50 bits per heavy atom. The molecule has 322 valence electrons. The van der Waals surface area contributed by atoms with Crippen LogP contribution >= 0.6 is 0 Å². The maximum Gasteiger partial charge on any atom is 0.302 e. The van der Waals surface area contributed by atoms with Crippen molar-refractivity contribution in [2.45, 2.75) is 93.5 Å². The van der Waals surface area contributed by atoms with E-state index in [9.17, 15) is 44.7 Å². The summed E-state index contributed by atoms with van der Waals surface area (Å²) in [5.74, 6) is -3.66. The molecule has 6 aliphatic rings. The summed E-state index contributed by atoms with van der Waals surface area (Å²) in [6, 6.07) is 12.9. The summed E-state index contributed by atoms with van der Waals surface area (Å²) >= 11 is 0. The number of allylic oxidation sites excluding steroid dienone is 1. The summed E-state index contributed by atoms with van der Waals surface area (Å²) in [4.78, 5) is 67.8. The fraction of sp³-hybridized carbons (Fsp3) is 0.386. The van der Waals surface area contributed by atoms with Crippen LogP contribution in [-0.2, 0) is 25.7 Å². The van der Waals surface area contributed by atoms with Gasteiger partial charge in [0.25, 0.3) is 0 Å². The Hall–Kier alpha value is -6.15. The minimum absolute atomic E-state index is 0.000381. The number of guanidine groups is 1. The van der Waals surface area contributed by atoms with Crippen LogP contribution in [0.15, 0.2) is 75.8 Å². The van der Waals surface area contributed by atoms with Crippen molar-refractivity contribution in [1.82, 2.24) is 0 Å². The first-order chi connectivity index (χ1) is 29.9. The van der Waals surface area contributed by atoms with E-state index in [1.807, 2.05) is 0 Å². The van der Waals surface area contributed by atoms with E-state index < -0.39 is 79.0 Å². The van der Waals surface area contributed by atoms with E-state index >= 15 is 0 Å². The fourth-order valence-corrected chi connectivity index (χ4v) is 9.17. The summed E-state index contributed by atoms with van der Waals surface area (Å²) in [7, 11) is 0. The highest BCUT2D eigenvalue weighted by Crippen LogP contribution is 2.50. The van der Waals surface area contributed by atoms with Crippen LogP contribution in [0.3, 0.4) is 0 Å². The van der Waals surface area contributed by atoms with Gasteiger partial charge in [-0.05, 0) is 67.2 Å². The minimum Gasteiger partial charge on any atom is -0.492 e.